The van der Waals surface area contributed by atoms with Crippen LogP contribution in [-0.4, -0.2) is 43.8 Å². The Labute approximate surface area is 335 Å². The molecule has 0 aromatic heterocycles. The highest BCUT2D eigenvalue weighted by atomic mass is 28.4. The molecule has 0 aromatic rings. The van der Waals surface area contributed by atoms with Gasteiger partial charge in [0, 0.05) is 12.5 Å². The predicted molar refractivity (Wildman–Crippen MR) is 241 cm³/mol. The first kappa shape index (κ1) is 47.4. The maximum atomic E-state index is 7.51. The molecular weight excluding hydrogens is 697 g/mol. The summed E-state index contributed by atoms with van der Waals surface area (Å²) < 4.78 is 21.9. The van der Waals surface area contributed by atoms with Gasteiger partial charge in [-0.1, -0.05) is 133 Å². The Morgan fingerprint density at radius 2 is 1.25 bits per heavy atom. The average Bonchev–Trinajstić information content (AvgIpc) is 3.32. The Hall–Kier alpha value is 0.0106. The van der Waals surface area contributed by atoms with E-state index in [1.54, 1.807) is 11.1 Å². The number of hydrogen-bond acceptors (Lipinski definition) is 3. The van der Waals surface area contributed by atoms with Crippen molar-refractivity contribution < 1.29 is 13.3 Å². The highest BCUT2D eigenvalue weighted by Crippen LogP contribution is 2.60. The van der Waals surface area contributed by atoms with Crippen molar-refractivity contribution in [3.05, 3.63) is 23.3 Å². The van der Waals surface area contributed by atoms with Crippen molar-refractivity contribution in [3.63, 3.8) is 0 Å². The third-order valence-corrected chi connectivity index (χ3v) is 29.5. The summed E-state index contributed by atoms with van der Waals surface area (Å²) >= 11 is 0. The van der Waals surface area contributed by atoms with Gasteiger partial charge in [0.2, 0.25) is 0 Å². The van der Waals surface area contributed by atoms with Crippen molar-refractivity contribution in [2.75, 3.05) is 6.61 Å². The SMILES string of the molecule is C[C@@H](CCCC(C)(C)C)C1CCC2/C(=C/C=C3C[C@H](O[Si](C)(C)C(C)(C)C)C(CCO[Si](C)(C)C(C)(C)C)[C@H](O[Si](C)(C)C(C)(C)C)C3)CCCC21C. The van der Waals surface area contributed by atoms with E-state index in [4.69, 9.17) is 13.3 Å². The second kappa shape index (κ2) is 17.1. The minimum Gasteiger partial charge on any atom is -0.417 e. The van der Waals surface area contributed by atoms with Gasteiger partial charge in [0.05, 0.1) is 12.2 Å². The Balaban J connectivity index is 1.97. The second-order valence-corrected chi connectivity index (χ2v) is 38.7. The fourth-order valence-electron chi connectivity index (χ4n) is 9.28. The van der Waals surface area contributed by atoms with Crippen LogP contribution in [0.2, 0.25) is 54.4 Å². The standard InChI is InChI=1S/C47H92O3Si3/c1-35(23-21-30-43(2,3)4)39-27-28-40-37(24-22-31-47(39,40)14)26-25-36-33-41(49-52(17,18)45(8,9)10)38(29-32-48-51(15,16)44(5,6)7)42(34-36)50-53(19,20)46(11,12)13/h25-26,35,38-42H,21-24,27-34H2,1-20H3/b36-25?,37-26+/t35-,38?,39?,40?,41-,42+,47?/m0/s1. The molecular formula is C47H92O3Si3. The molecule has 0 radical (unpaired) electrons. The van der Waals surface area contributed by atoms with Crippen LogP contribution in [0.25, 0.3) is 0 Å². The number of hydrogen-bond donors (Lipinski definition) is 0. The molecule has 3 aliphatic carbocycles. The molecule has 3 nitrogen and oxygen atoms in total. The van der Waals surface area contributed by atoms with E-state index in [0.717, 1.165) is 43.6 Å². The zero-order valence-corrected chi connectivity index (χ0v) is 42.3. The van der Waals surface area contributed by atoms with Crippen LogP contribution >= 0.6 is 0 Å². The summed E-state index contributed by atoms with van der Waals surface area (Å²) in [5.41, 5.74) is 4.18. The normalized spacial score (nSPS) is 30.6. The first-order valence-electron chi connectivity index (χ1n) is 22.2. The molecule has 0 saturated heterocycles. The van der Waals surface area contributed by atoms with Crippen LogP contribution < -0.4 is 0 Å². The van der Waals surface area contributed by atoms with Gasteiger partial charge in [-0.2, -0.15) is 0 Å². The number of fused-ring (bicyclic) bond motifs is 1. The summed E-state index contributed by atoms with van der Waals surface area (Å²) in [7, 11) is -5.93. The van der Waals surface area contributed by atoms with E-state index in [0.29, 0.717) is 16.7 Å². The average molecular weight is 790 g/mol. The zero-order valence-electron chi connectivity index (χ0n) is 39.3. The monoisotopic (exact) mass is 789 g/mol. The van der Waals surface area contributed by atoms with Crippen LogP contribution in [0.15, 0.2) is 23.3 Å². The molecule has 0 aromatic carbocycles. The molecule has 3 saturated carbocycles. The molecule has 0 aliphatic heterocycles. The summed E-state index contributed by atoms with van der Waals surface area (Å²) in [5, 5.41) is 0.517. The molecule has 0 spiro atoms. The van der Waals surface area contributed by atoms with Gasteiger partial charge in [-0.25, -0.2) is 0 Å². The van der Waals surface area contributed by atoms with E-state index in [-0.39, 0.29) is 27.3 Å². The van der Waals surface area contributed by atoms with E-state index in [1.807, 2.05) is 0 Å². The molecule has 7 atom stereocenters. The molecule has 0 heterocycles. The first-order chi connectivity index (χ1) is 23.8. The molecule has 4 unspecified atom stereocenters. The topological polar surface area (TPSA) is 27.7 Å². The zero-order chi connectivity index (χ0) is 40.6. The largest absolute Gasteiger partial charge is 0.417 e. The van der Waals surface area contributed by atoms with E-state index in [2.05, 4.69) is 148 Å². The van der Waals surface area contributed by atoms with Crippen molar-refractivity contribution in [1.82, 2.24) is 0 Å². The van der Waals surface area contributed by atoms with Crippen LogP contribution in [-0.2, 0) is 13.3 Å². The minimum absolute atomic E-state index is 0.156. The minimum atomic E-state index is -2.04. The maximum Gasteiger partial charge on any atom is 0.192 e. The van der Waals surface area contributed by atoms with E-state index >= 15 is 0 Å². The lowest BCUT2D eigenvalue weighted by atomic mass is 9.60. The van der Waals surface area contributed by atoms with Gasteiger partial charge in [-0.15, -0.1) is 0 Å². The molecule has 0 N–H and O–H groups in total. The van der Waals surface area contributed by atoms with Crippen molar-refractivity contribution in [3.8, 4) is 0 Å². The van der Waals surface area contributed by atoms with E-state index in [9.17, 15) is 0 Å². The first-order valence-corrected chi connectivity index (χ1v) is 30.9. The molecule has 6 heteroatoms. The maximum absolute atomic E-state index is 7.51. The van der Waals surface area contributed by atoms with Crippen LogP contribution in [0.4, 0.5) is 0 Å². The van der Waals surface area contributed by atoms with Crippen molar-refractivity contribution in [2.45, 2.75) is 234 Å². The summed E-state index contributed by atoms with van der Waals surface area (Å²) in [6, 6.07) is 0. The van der Waals surface area contributed by atoms with Gasteiger partial charge in [0.25, 0.3) is 0 Å². The quantitative estimate of drug-likeness (QED) is 0.174. The van der Waals surface area contributed by atoms with Crippen LogP contribution in [0.1, 0.15) is 168 Å². The molecule has 0 bridgehead atoms. The third kappa shape index (κ3) is 12.0. The smallest absolute Gasteiger partial charge is 0.192 e. The van der Waals surface area contributed by atoms with E-state index in [1.165, 1.54) is 51.4 Å². The van der Waals surface area contributed by atoms with Gasteiger partial charge in [-0.05, 0) is 141 Å². The molecule has 0 amide bonds. The fourth-order valence-corrected chi connectivity index (χ4v) is 13.1. The second-order valence-electron chi connectivity index (χ2n) is 24.4. The van der Waals surface area contributed by atoms with Gasteiger partial charge in [-0.3, -0.25) is 0 Å². The third-order valence-electron chi connectivity index (χ3n) is 16.0. The lowest BCUT2D eigenvalue weighted by molar-refractivity contribution is -0.00319. The number of rotatable bonds is 13. The molecule has 3 aliphatic rings. The van der Waals surface area contributed by atoms with Crippen LogP contribution in [0.3, 0.4) is 0 Å². The van der Waals surface area contributed by atoms with Crippen molar-refractivity contribution >= 4 is 25.0 Å². The lowest BCUT2D eigenvalue weighted by Gasteiger charge is -2.49. The summed E-state index contributed by atoms with van der Waals surface area (Å²) in [6.45, 7) is 49.3. The Morgan fingerprint density at radius 1 is 0.736 bits per heavy atom. The molecule has 3 fully saturated rings. The summed E-state index contributed by atoms with van der Waals surface area (Å²) in [4.78, 5) is 0. The molecule has 3 rings (SSSR count). The molecule has 310 valence electrons. The van der Waals surface area contributed by atoms with Crippen molar-refractivity contribution in [2.24, 2.45) is 34.5 Å². The lowest BCUT2D eigenvalue weighted by Crippen LogP contribution is -2.53. The van der Waals surface area contributed by atoms with Crippen molar-refractivity contribution in [1.29, 1.82) is 0 Å². The summed E-state index contributed by atoms with van der Waals surface area (Å²) in [6.07, 6.45) is 19.5. The Morgan fingerprint density at radius 3 is 1.72 bits per heavy atom. The number of allylic oxidation sites excluding steroid dienone is 3. The summed E-state index contributed by atoms with van der Waals surface area (Å²) in [5.74, 6) is 2.76. The van der Waals surface area contributed by atoms with Gasteiger partial charge in [0.1, 0.15) is 0 Å². The Bertz CT molecular complexity index is 1210. The predicted octanol–water partition coefficient (Wildman–Crippen LogP) is 15.5. The van der Waals surface area contributed by atoms with Gasteiger partial charge >= 0.3 is 0 Å². The fraction of sp³-hybridized carbons (Fsp3) is 0.915. The van der Waals surface area contributed by atoms with Gasteiger partial charge < -0.3 is 13.3 Å². The highest BCUT2D eigenvalue weighted by Gasteiger charge is 2.51. The van der Waals surface area contributed by atoms with Crippen LogP contribution in [0.5, 0.6) is 0 Å². The van der Waals surface area contributed by atoms with Crippen LogP contribution in [0, 0.1) is 34.5 Å². The van der Waals surface area contributed by atoms with Gasteiger partial charge in [0.15, 0.2) is 25.0 Å². The molecule has 53 heavy (non-hydrogen) atoms. The highest BCUT2D eigenvalue weighted by molar-refractivity contribution is 6.75. The van der Waals surface area contributed by atoms with E-state index < -0.39 is 25.0 Å². The Kier molecular flexibility index (Phi) is 15.3.